The highest BCUT2D eigenvalue weighted by atomic mass is 16.6. The predicted molar refractivity (Wildman–Crippen MR) is 109 cm³/mol. The number of carbonyl (C=O) groups is 2. The maximum atomic E-state index is 12.9. The molecule has 28 heavy (non-hydrogen) atoms. The minimum Gasteiger partial charge on any atom is -0.511 e. The van der Waals surface area contributed by atoms with Crippen molar-refractivity contribution in [2.75, 3.05) is 6.61 Å². The van der Waals surface area contributed by atoms with Gasteiger partial charge < -0.3 is 9.94 Å². The third kappa shape index (κ3) is 3.53. The molecule has 0 fully saturated rings. The van der Waals surface area contributed by atoms with Crippen molar-refractivity contribution in [2.24, 2.45) is 5.16 Å². The fraction of sp³-hybridized carbons (Fsp3) is 0.435. The van der Waals surface area contributed by atoms with Gasteiger partial charge in [0.2, 0.25) is 0 Å². The minimum absolute atomic E-state index is 0.0506. The number of rotatable bonds is 6. The number of hydrogen-bond donors (Lipinski definition) is 1. The molecule has 1 aromatic rings. The second kappa shape index (κ2) is 8.13. The van der Waals surface area contributed by atoms with Crippen molar-refractivity contribution in [1.82, 2.24) is 0 Å². The molecule has 0 bridgehead atoms. The van der Waals surface area contributed by atoms with E-state index in [4.69, 9.17) is 4.84 Å². The van der Waals surface area contributed by atoms with Gasteiger partial charge in [-0.2, -0.15) is 0 Å². The molecule has 0 aliphatic heterocycles. The van der Waals surface area contributed by atoms with E-state index >= 15 is 0 Å². The number of aliphatic hydroxyl groups excluding tert-OH is 1. The van der Waals surface area contributed by atoms with E-state index in [0.29, 0.717) is 25.0 Å². The van der Waals surface area contributed by atoms with Crippen LogP contribution in [0, 0.1) is 13.8 Å². The van der Waals surface area contributed by atoms with E-state index in [0.717, 1.165) is 34.2 Å². The topological polar surface area (TPSA) is 76.0 Å². The summed E-state index contributed by atoms with van der Waals surface area (Å²) in [5.41, 5.74) is 5.72. The first-order chi connectivity index (χ1) is 13.4. The average Bonchev–Trinajstić information content (AvgIpc) is 3.00. The predicted octanol–water partition coefficient (Wildman–Crippen LogP) is 4.66. The molecule has 1 N–H and O–H groups in total. The zero-order valence-electron chi connectivity index (χ0n) is 16.8. The Kier molecular flexibility index (Phi) is 5.82. The number of fused-ring (bicyclic) bond motifs is 1. The van der Waals surface area contributed by atoms with E-state index in [1.165, 1.54) is 0 Å². The number of oxime groups is 1. The van der Waals surface area contributed by atoms with Crippen LogP contribution in [0.15, 0.2) is 35.2 Å². The summed E-state index contributed by atoms with van der Waals surface area (Å²) in [6.07, 6.45) is 4.04. The molecule has 2 aliphatic carbocycles. The Hall–Kier alpha value is -2.69. The van der Waals surface area contributed by atoms with E-state index in [1.54, 1.807) is 6.08 Å². The van der Waals surface area contributed by atoms with Crippen LogP contribution in [0.3, 0.4) is 0 Å². The van der Waals surface area contributed by atoms with Crippen LogP contribution in [-0.2, 0) is 16.1 Å². The van der Waals surface area contributed by atoms with Gasteiger partial charge in [-0.25, -0.2) is 0 Å². The van der Waals surface area contributed by atoms with Gasteiger partial charge in [0.05, 0.1) is 11.3 Å². The molecule has 3 rings (SSSR count). The zero-order chi connectivity index (χ0) is 20.4. The molecule has 0 amide bonds. The number of nitrogens with zero attached hydrogens (tertiary/aromatic N) is 1. The van der Waals surface area contributed by atoms with Crippen LogP contribution in [-0.4, -0.2) is 29.0 Å². The van der Waals surface area contributed by atoms with Gasteiger partial charge in [0, 0.05) is 24.8 Å². The van der Waals surface area contributed by atoms with Gasteiger partial charge in [-0.1, -0.05) is 30.8 Å². The normalized spacial score (nSPS) is 19.8. The molecule has 0 spiro atoms. The van der Waals surface area contributed by atoms with E-state index < -0.39 is 0 Å². The third-order valence-electron chi connectivity index (χ3n) is 5.65. The van der Waals surface area contributed by atoms with Gasteiger partial charge in [-0.15, -0.1) is 0 Å². The van der Waals surface area contributed by atoms with Crippen LogP contribution in [0.2, 0.25) is 0 Å². The van der Waals surface area contributed by atoms with Crippen molar-refractivity contribution >= 4 is 17.3 Å². The Morgan fingerprint density at radius 3 is 2.68 bits per heavy atom. The fourth-order valence-electron chi connectivity index (χ4n) is 4.55. The van der Waals surface area contributed by atoms with Gasteiger partial charge in [0.15, 0.2) is 11.6 Å². The molecule has 0 saturated heterocycles. The van der Waals surface area contributed by atoms with Gasteiger partial charge in [-0.3, -0.25) is 9.59 Å². The van der Waals surface area contributed by atoms with Gasteiger partial charge in [0.1, 0.15) is 12.4 Å². The van der Waals surface area contributed by atoms with Crippen molar-refractivity contribution in [1.29, 1.82) is 0 Å². The summed E-state index contributed by atoms with van der Waals surface area (Å²) < 4.78 is 0. The summed E-state index contributed by atoms with van der Waals surface area (Å²) >= 11 is 0. The highest BCUT2D eigenvalue weighted by Gasteiger charge is 2.34. The van der Waals surface area contributed by atoms with Gasteiger partial charge in [0.25, 0.3) is 0 Å². The van der Waals surface area contributed by atoms with Crippen molar-refractivity contribution in [3.63, 3.8) is 0 Å². The van der Waals surface area contributed by atoms with E-state index in [2.05, 4.69) is 17.8 Å². The molecule has 0 heterocycles. The van der Waals surface area contributed by atoms with Crippen LogP contribution in [0.1, 0.15) is 71.1 Å². The summed E-state index contributed by atoms with van der Waals surface area (Å²) in [4.78, 5) is 30.3. The second-order valence-electron chi connectivity index (χ2n) is 7.52. The molecule has 0 saturated carbocycles. The first-order valence-electron chi connectivity index (χ1n) is 9.80. The second-order valence-corrected chi connectivity index (χ2v) is 7.52. The summed E-state index contributed by atoms with van der Waals surface area (Å²) in [6.45, 7) is 9.67. The number of carbonyl (C=O) groups excluding carboxylic acids is 2. The molecule has 0 radical (unpaired) electrons. The number of ketones is 2. The Labute approximate surface area is 165 Å². The average molecular weight is 381 g/mol. The Morgan fingerprint density at radius 2 is 2.04 bits per heavy atom. The molecular weight excluding hydrogens is 354 g/mol. The quantitative estimate of drug-likeness (QED) is 0.336. The first-order valence-corrected chi connectivity index (χ1v) is 9.80. The monoisotopic (exact) mass is 381 g/mol. The number of aliphatic hydroxyl groups is 1. The maximum absolute atomic E-state index is 12.9. The van der Waals surface area contributed by atoms with Crippen LogP contribution < -0.4 is 0 Å². The highest BCUT2D eigenvalue weighted by Crippen LogP contribution is 2.40. The fourth-order valence-corrected chi connectivity index (χ4v) is 4.55. The molecule has 2 aliphatic rings. The lowest BCUT2D eigenvalue weighted by Crippen LogP contribution is -2.25. The van der Waals surface area contributed by atoms with Crippen molar-refractivity contribution in [2.45, 2.75) is 58.8 Å². The molecule has 1 aromatic carbocycles. The molecule has 1 unspecified atom stereocenters. The molecule has 1 atom stereocenters. The summed E-state index contributed by atoms with van der Waals surface area (Å²) in [5, 5.41) is 14.7. The molecular formula is C23H27NO4. The standard InChI is InChI=1S/C23H27NO4/c1-5-9-28-24-17(6-2)23-19(26)11-16(12-20(23)27)21-13(3)10-15-7-8-18(25)22(15)14(21)4/h5,10,16,26H,1,6-9,11-12H2,2-4H3. The number of hydrogen-bond acceptors (Lipinski definition) is 5. The third-order valence-corrected chi connectivity index (χ3v) is 5.65. The minimum atomic E-state index is -0.137. The lowest BCUT2D eigenvalue weighted by molar-refractivity contribution is -0.116. The number of benzene rings is 1. The number of Topliss-reactive ketones (excluding diaryl/α,β-unsaturated/α-hetero) is 2. The Morgan fingerprint density at radius 1 is 1.29 bits per heavy atom. The van der Waals surface area contributed by atoms with Gasteiger partial charge in [-0.05, 0) is 54.9 Å². The van der Waals surface area contributed by atoms with Crippen molar-refractivity contribution in [3.05, 3.63) is 57.9 Å². The lowest BCUT2D eigenvalue weighted by atomic mass is 9.77. The summed E-state index contributed by atoms with van der Waals surface area (Å²) in [6, 6.07) is 2.07. The van der Waals surface area contributed by atoms with Crippen LogP contribution in [0.5, 0.6) is 0 Å². The molecule has 5 nitrogen and oxygen atoms in total. The van der Waals surface area contributed by atoms with Crippen molar-refractivity contribution in [3.8, 4) is 0 Å². The van der Waals surface area contributed by atoms with E-state index in [9.17, 15) is 14.7 Å². The lowest BCUT2D eigenvalue weighted by Gasteiger charge is -2.27. The summed E-state index contributed by atoms with van der Waals surface area (Å²) in [5.74, 6) is -0.0462. The maximum Gasteiger partial charge on any atom is 0.168 e. The largest absolute Gasteiger partial charge is 0.511 e. The Bertz CT molecular complexity index is 908. The van der Waals surface area contributed by atoms with E-state index in [1.807, 2.05) is 20.8 Å². The molecule has 148 valence electrons. The number of allylic oxidation sites excluding steroid dienone is 2. The number of aryl methyl sites for hydroxylation is 2. The van der Waals surface area contributed by atoms with E-state index in [-0.39, 0.29) is 41.8 Å². The highest BCUT2D eigenvalue weighted by molar-refractivity contribution is 6.23. The zero-order valence-corrected chi connectivity index (χ0v) is 16.8. The van der Waals surface area contributed by atoms with Crippen LogP contribution >= 0.6 is 0 Å². The SMILES string of the molecule is C=CCON=C(CC)C1=C(O)CC(c2c(C)cc3c(c2C)C(=O)CC3)CC1=O. The molecule has 5 heteroatoms. The Balaban J connectivity index is 1.97. The van der Waals surface area contributed by atoms with Crippen molar-refractivity contribution < 1.29 is 19.5 Å². The smallest absolute Gasteiger partial charge is 0.168 e. The summed E-state index contributed by atoms with van der Waals surface area (Å²) in [7, 11) is 0. The van der Waals surface area contributed by atoms with Crippen LogP contribution in [0.4, 0.5) is 0 Å². The van der Waals surface area contributed by atoms with Gasteiger partial charge >= 0.3 is 0 Å². The molecule has 0 aromatic heterocycles. The van der Waals surface area contributed by atoms with Crippen LogP contribution in [0.25, 0.3) is 0 Å². The first kappa shape index (κ1) is 20.1.